The van der Waals surface area contributed by atoms with Gasteiger partial charge in [0.2, 0.25) is 5.91 Å². The van der Waals surface area contributed by atoms with Crippen LogP contribution in [0.3, 0.4) is 0 Å². The second-order valence-electron chi connectivity index (χ2n) is 8.94. The predicted octanol–water partition coefficient (Wildman–Crippen LogP) is 2.04. The molecule has 2 fully saturated rings. The van der Waals surface area contributed by atoms with Crippen molar-refractivity contribution < 1.29 is 14.3 Å². The van der Waals surface area contributed by atoms with E-state index in [-0.39, 0.29) is 23.4 Å². The molecule has 2 atom stereocenters. The number of nitrogens with zero attached hydrogens (tertiary/aromatic N) is 3. The number of likely N-dealkylation sites (tertiary alicyclic amines) is 1. The summed E-state index contributed by atoms with van der Waals surface area (Å²) in [7, 11) is 1.66. The Morgan fingerprint density at radius 2 is 2.09 bits per heavy atom. The minimum absolute atomic E-state index is 0.0635. The highest BCUT2D eigenvalue weighted by molar-refractivity contribution is 5.80. The summed E-state index contributed by atoms with van der Waals surface area (Å²) >= 11 is 0. The van der Waals surface area contributed by atoms with Crippen molar-refractivity contribution in [1.29, 1.82) is 0 Å². The number of benzene rings is 1. The molecule has 0 spiro atoms. The lowest BCUT2D eigenvalue weighted by Gasteiger charge is -2.30. The lowest BCUT2D eigenvalue weighted by molar-refractivity contribution is -0.136. The van der Waals surface area contributed by atoms with Gasteiger partial charge in [-0.2, -0.15) is 0 Å². The van der Waals surface area contributed by atoms with Crippen molar-refractivity contribution >= 4 is 5.91 Å². The maximum atomic E-state index is 13.0. The summed E-state index contributed by atoms with van der Waals surface area (Å²) in [5.74, 6) is 1.55. The summed E-state index contributed by atoms with van der Waals surface area (Å²) in [5.41, 5.74) is 2.73. The number of nitrogens with one attached hydrogen (secondary N) is 1. The molecule has 4 heterocycles. The zero-order valence-corrected chi connectivity index (χ0v) is 18.5. The number of aromatic amines is 1. The Hall–Kier alpha value is -2.71. The molecule has 0 radical (unpaired) electrons. The van der Waals surface area contributed by atoms with E-state index in [1.807, 2.05) is 17.0 Å². The lowest BCUT2D eigenvalue weighted by Crippen LogP contribution is -2.39. The smallest absolute Gasteiger partial charge is 0.255 e. The Bertz CT molecular complexity index is 1030. The van der Waals surface area contributed by atoms with Crippen molar-refractivity contribution in [2.45, 2.75) is 44.8 Å². The van der Waals surface area contributed by atoms with Crippen molar-refractivity contribution in [2.75, 3.05) is 33.4 Å². The first kappa shape index (κ1) is 21.2. The van der Waals surface area contributed by atoms with Crippen molar-refractivity contribution in [1.82, 2.24) is 19.8 Å². The number of hydrogen-bond acceptors (Lipinski definition) is 6. The molecule has 5 rings (SSSR count). The van der Waals surface area contributed by atoms with Crippen LogP contribution in [-0.4, -0.2) is 59.1 Å². The molecule has 3 aliphatic rings. The van der Waals surface area contributed by atoms with Gasteiger partial charge in [0.25, 0.3) is 5.56 Å². The molecule has 8 nitrogen and oxygen atoms in total. The van der Waals surface area contributed by atoms with Crippen LogP contribution in [0, 0.1) is 5.92 Å². The highest BCUT2D eigenvalue weighted by Crippen LogP contribution is 2.33. The van der Waals surface area contributed by atoms with E-state index in [0.29, 0.717) is 25.6 Å². The molecule has 8 heteroatoms. The molecule has 0 aliphatic carbocycles. The highest BCUT2D eigenvalue weighted by atomic mass is 16.5. The molecule has 1 N–H and O–H groups in total. The minimum atomic E-state index is -0.140. The third-order valence-electron chi connectivity index (χ3n) is 6.86. The largest absolute Gasteiger partial charge is 0.497 e. The summed E-state index contributed by atoms with van der Waals surface area (Å²) in [6.07, 6.45) is 3.28. The molecule has 0 unspecified atom stereocenters. The quantitative estimate of drug-likeness (QED) is 0.769. The molecule has 2 saturated heterocycles. The van der Waals surface area contributed by atoms with Gasteiger partial charge in [-0.15, -0.1) is 0 Å². The van der Waals surface area contributed by atoms with E-state index in [9.17, 15) is 9.59 Å². The van der Waals surface area contributed by atoms with E-state index in [1.165, 1.54) is 5.56 Å². The highest BCUT2D eigenvalue weighted by Gasteiger charge is 2.37. The monoisotopic (exact) mass is 438 g/mol. The van der Waals surface area contributed by atoms with Crippen LogP contribution in [0.25, 0.3) is 0 Å². The summed E-state index contributed by atoms with van der Waals surface area (Å²) in [4.78, 5) is 38.0. The summed E-state index contributed by atoms with van der Waals surface area (Å²) in [6.45, 7) is 4.07. The average molecular weight is 439 g/mol. The Labute approximate surface area is 187 Å². The van der Waals surface area contributed by atoms with E-state index in [0.717, 1.165) is 62.3 Å². The van der Waals surface area contributed by atoms with Crippen LogP contribution >= 0.6 is 0 Å². The number of H-pyrrole nitrogens is 1. The fourth-order valence-electron chi connectivity index (χ4n) is 5.06. The van der Waals surface area contributed by atoms with E-state index >= 15 is 0 Å². The van der Waals surface area contributed by atoms with Crippen LogP contribution in [0.5, 0.6) is 5.75 Å². The Kier molecular flexibility index (Phi) is 5.97. The second-order valence-corrected chi connectivity index (χ2v) is 8.94. The first-order valence-corrected chi connectivity index (χ1v) is 11.5. The molecule has 2 aromatic rings. The Morgan fingerprint density at radius 3 is 2.84 bits per heavy atom. The van der Waals surface area contributed by atoms with E-state index in [2.05, 4.69) is 22.0 Å². The van der Waals surface area contributed by atoms with Gasteiger partial charge < -0.3 is 19.4 Å². The zero-order valence-electron chi connectivity index (χ0n) is 18.5. The topological polar surface area (TPSA) is 87.8 Å². The molecule has 0 bridgehead atoms. The third-order valence-corrected chi connectivity index (χ3v) is 6.86. The van der Waals surface area contributed by atoms with Gasteiger partial charge in [-0.3, -0.25) is 14.5 Å². The number of carbonyl (C=O) groups is 1. The fraction of sp³-hybridized carbons (Fsp3) is 0.542. The minimum Gasteiger partial charge on any atom is -0.497 e. The molecular weight excluding hydrogens is 408 g/mol. The SMILES string of the molecule is COc1ccc(CN2CCc3nc([C@H]4CCCN4C(=O)[C@H]4CCOC4)[nH]c(=O)c3C2)cc1. The number of amides is 1. The maximum Gasteiger partial charge on any atom is 0.255 e. The molecule has 3 aliphatic heterocycles. The van der Waals surface area contributed by atoms with Gasteiger partial charge in [0.1, 0.15) is 11.6 Å². The molecule has 1 aromatic carbocycles. The van der Waals surface area contributed by atoms with Crippen molar-refractivity contribution in [3.05, 3.63) is 57.3 Å². The van der Waals surface area contributed by atoms with Crippen LogP contribution < -0.4 is 10.3 Å². The number of ether oxygens (including phenoxy) is 2. The zero-order chi connectivity index (χ0) is 22.1. The predicted molar refractivity (Wildman–Crippen MR) is 118 cm³/mol. The third kappa shape index (κ3) is 4.17. The van der Waals surface area contributed by atoms with E-state index in [4.69, 9.17) is 14.5 Å². The molecule has 1 aromatic heterocycles. The normalized spacial score (nSPS) is 23.3. The molecular formula is C24H30N4O4. The number of methoxy groups -OCH3 is 1. The van der Waals surface area contributed by atoms with Crippen molar-refractivity contribution in [3.8, 4) is 5.75 Å². The van der Waals surface area contributed by atoms with E-state index < -0.39 is 0 Å². The maximum absolute atomic E-state index is 13.0. The lowest BCUT2D eigenvalue weighted by atomic mass is 10.0. The molecule has 32 heavy (non-hydrogen) atoms. The summed E-state index contributed by atoms with van der Waals surface area (Å²) in [5, 5.41) is 0. The number of carbonyl (C=O) groups excluding carboxylic acids is 1. The van der Waals surface area contributed by atoms with Crippen LogP contribution in [0.15, 0.2) is 29.1 Å². The number of fused-ring (bicyclic) bond motifs is 1. The Morgan fingerprint density at radius 1 is 1.25 bits per heavy atom. The Balaban J connectivity index is 1.31. The van der Waals surface area contributed by atoms with Crippen molar-refractivity contribution in [3.63, 3.8) is 0 Å². The number of hydrogen-bond donors (Lipinski definition) is 1. The fourth-order valence-corrected chi connectivity index (χ4v) is 5.06. The standard InChI is InChI=1S/C24H30N4O4/c1-31-18-6-4-16(5-7-18)13-27-11-8-20-19(14-27)23(29)26-22(25-20)21-3-2-10-28(21)24(30)17-9-12-32-15-17/h4-7,17,21H,2-3,8-15H2,1H3,(H,25,26,29)/t17-,21+/m0/s1. The number of rotatable bonds is 5. The van der Waals surface area contributed by atoms with Crippen molar-refractivity contribution in [2.24, 2.45) is 5.92 Å². The van der Waals surface area contributed by atoms with Gasteiger partial charge in [-0.1, -0.05) is 12.1 Å². The van der Waals surface area contributed by atoms with Gasteiger partial charge in [-0.25, -0.2) is 4.98 Å². The molecule has 0 saturated carbocycles. The summed E-state index contributed by atoms with van der Waals surface area (Å²) < 4.78 is 10.6. The molecule has 1 amide bonds. The summed E-state index contributed by atoms with van der Waals surface area (Å²) in [6, 6.07) is 7.89. The van der Waals surface area contributed by atoms with Crippen LogP contribution in [0.1, 0.15) is 47.9 Å². The average Bonchev–Trinajstić information content (AvgIpc) is 3.52. The van der Waals surface area contributed by atoms with Crippen LogP contribution in [0.4, 0.5) is 0 Å². The first-order valence-electron chi connectivity index (χ1n) is 11.5. The van der Waals surface area contributed by atoms with Gasteiger partial charge in [0, 0.05) is 39.2 Å². The van der Waals surface area contributed by atoms with Gasteiger partial charge in [-0.05, 0) is 37.0 Å². The van der Waals surface area contributed by atoms with Gasteiger partial charge >= 0.3 is 0 Å². The number of aromatic nitrogens is 2. The van der Waals surface area contributed by atoms with Crippen LogP contribution in [0.2, 0.25) is 0 Å². The van der Waals surface area contributed by atoms with E-state index in [1.54, 1.807) is 7.11 Å². The van der Waals surface area contributed by atoms with Gasteiger partial charge in [0.05, 0.1) is 36.9 Å². The van der Waals surface area contributed by atoms with Gasteiger partial charge in [0.15, 0.2) is 0 Å². The molecule has 170 valence electrons. The van der Waals surface area contributed by atoms with Crippen LogP contribution in [-0.2, 0) is 29.0 Å². The first-order chi connectivity index (χ1) is 15.6. The second kappa shape index (κ2) is 9.03.